The summed E-state index contributed by atoms with van der Waals surface area (Å²) in [7, 11) is 0. The molecule has 4 rings (SSSR count). The molecule has 2 aromatic carbocycles. The van der Waals surface area contributed by atoms with E-state index in [0.717, 1.165) is 22.0 Å². The van der Waals surface area contributed by atoms with E-state index in [1.807, 2.05) is 51.1 Å². The molecule has 3 aromatic rings. The minimum atomic E-state index is -0.737. The Labute approximate surface area is 180 Å². The Morgan fingerprint density at radius 3 is 2.67 bits per heavy atom. The van der Waals surface area contributed by atoms with E-state index in [2.05, 4.69) is 4.98 Å². The Balaban J connectivity index is 1.92. The molecule has 0 saturated heterocycles. The van der Waals surface area contributed by atoms with Gasteiger partial charge in [0.2, 0.25) is 0 Å². The highest BCUT2D eigenvalue weighted by Crippen LogP contribution is 2.44. The average Bonchev–Trinajstić information content (AvgIpc) is 3.23. The molecular formula is C24H23ClN2O3. The van der Waals surface area contributed by atoms with Crippen molar-refractivity contribution >= 4 is 39.9 Å². The first-order valence-electron chi connectivity index (χ1n) is 9.91. The van der Waals surface area contributed by atoms with Crippen LogP contribution in [0.2, 0.25) is 5.02 Å². The van der Waals surface area contributed by atoms with Gasteiger partial charge >= 0.3 is 0 Å². The molecule has 30 heavy (non-hydrogen) atoms. The van der Waals surface area contributed by atoms with E-state index >= 15 is 0 Å². The van der Waals surface area contributed by atoms with Crippen molar-refractivity contribution in [1.82, 2.24) is 4.98 Å². The smallest absolute Gasteiger partial charge is 0.294 e. The van der Waals surface area contributed by atoms with Gasteiger partial charge < -0.3 is 10.1 Å². The number of halogens is 1. The maximum atomic E-state index is 13.2. The second-order valence-electron chi connectivity index (χ2n) is 8.08. The number of aliphatic hydroxyl groups is 1. The molecule has 2 heterocycles. The lowest BCUT2D eigenvalue weighted by Crippen LogP contribution is -2.31. The number of anilines is 1. The number of amides is 1. The van der Waals surface area contributed by atoms with Gasteiger partial charge in [0.1, 0.15) is 0 Å². The Kier molecular flexibility index (Phi) is 5.16. The van der Waals surface area contributed by atoms with Crippen LogP contribution >= 0.6 is 11.6 Å². The fourth-order valence-electron chi connectivity index (χ4n) is 3.98. The van der Waals surface area contributed by atoms with Crippen LogP contribution in [0.15, 0.2) is 60.0 Å². The first-order valence-corrected chi connectivity index (χ1v) is 10.3. The number of aliphatic hydroxyl groups excluding tert-OH is 1. The van der Waals surface area contributed by atoms with E-state index in [0.29, 0.717) is 10.7 Å². The molecule has 0 radical (unpaired) electrons. The zero-order valence-corrected chi connectivity index (χ0v) is 17.8. The number of ketones is 1. The monoisotopic (exact) mass is 422 g/mol. The Bertz CT molecular complexity index is 1190. The summed E-state index contributed by atoms with van der Waals surface area (Å²) in [4.78, 5) is 30.9. The van der Waals surface area contributed by atoms with Crippen LogP contribution in [0.1, 0.15) is 37.4 Å². The number of rotatable bonds is 5. The summed E-state index contributed by atoms with van der Waals surface area (Å²) in [5.41, 5.74) is 3.19. The molecule has 1 unspecified atom stereocenters. The van der Waals surface area contributed by atoms with Gasteiger partial charge in [-0.25, -0.2) is 0 Å². The van der Waals surface area contributed by atoms with Crippen LogP contribution < -0.4 is 4.90 Å². The molecule has 154 valence electrons. The zero-order chi connectivity index (χ0) is 21.6. The van der Waals surface area contributed by atoms with Gasteiger partial charge in [0.25, 0.3) is 5.91 Å². The van der Waals surface area contributed by atoms with E-state index in [1.54, 1.807) is 18.3 Å². The topological polar surface area (TPSA) is 73.4 Å². The van der Waals surface area contributed by atoms with Crippen molar-refractivity contribution < 1.29 is 14.7 Å². The Morgan fingerprint density at radius 2 is 1.97 bits per heavy atom. The van der Waals surface area contributed by atoms with Gasteiger partial charge in [0, 0.05) is 39.8 Å². The maximum Gasteiger partial charge on any atom is 0.294 e. The van der Waals surface area contributed by atoms with Crippen LogP contribution in [0.25, 0.3) is 10.9 Å². The Morgan fingerprint density at radius 1 is 1.23 bits per heavy atom. The van der Waals surface area contributed by atoms with E-state index in [9.17, 15) is 14.7 Å². The molecule has 1 amide bonds. The summed E-state index contributed by atoms with van der Waals surface area (Å²) in [5.74, 6) is -1.23. The van der Waals surface area contributed by atoms with Crippen molar-refractivity contribution in [2.75, 3.05) is 4.90 Å². The van der Waals surface area contributed by atoms with Crippen molar-refractivity contribution in [2.24, 2.45) is 5.92 Å². The number of aromatic nitrogens is 1. The number of carbonyl (C=O) groups excluding carboxylic acids is 2. The van der Waals surface area contributed by atoms with Crippen LogP contribution in [0, 0.1) is 12.8 Å². The number of hydrogen-bond acceptors (Lipinski definition) is 3. The number of Topliss-reactive ketones (excluding diaryl/α,β-unsaturated/α-hetero) is 1. The minimum Gasteiger partial charge on any atom is -0.503 e. The number of aromatic amines is 1. The standard InChI is InChI=1S/C24H23ClN2O3/c1-13(2)10-20(28)21-22(17-12-26-19-7-5-4-6-16(17)19)27(24(30)23(21)29)15-9-8-14(3)18(25)11-15/h4-9,11-13,22,26,29H,10H2,1-3H3. The molecule has 1 aliphatic heterocycles. The molecule has 0 spiro atoms. The fourth-order valence-corrected chi connectivity index (χ4v) is 4.16. The number of nitrogens with zero attached hydrogens (tertiary/aromatic N) is 1. The van der Waals surface area contributed by atoms with Crippen molar-refractivity contribution in [3.05, 3.63) is 76.1 Å². The third-order valence-electron chi connectivity index (χ3n) is 5.45. The van der Waals surface area contributed by atoms with Crippen molar-refractivity contribution in [1.29, 1.82) is 0 Å². The summed E-state index contributed by atoms with van der Waals surface area (Å²) in [5, 5.41) is 12.2. The van der Waals surface area contributed by atoms with Crippen LogP contribution in [-0.2, 0) is 9.59 Å². The van der Waals surface area contributed by atoms with Gasteiger partial charge in [-0.3, -0.25) is 14.5 Å². The normalized spacial score (nSPS) is 16.9. The highest BCUT2D eigenvalue weighted by atomic mass is 35.5. The van der Waals surface area contributed by atoms with Gasteiger partial charge in [0.15, 0.2) is 11.5 Å². The second-order valence-corrected chi connectivity index (χ2v) is 8.49. The predicted molar refractivity (Wildman–Crippen MR) is 119 cm³/mol. The minimum absolute atomic E-state index is 0.0967. The number of fused-ring (bicyclic) bond motifs is 1. The highest BCUT2D eigenvalue weighted by Gasteiger charge is 2.45. The summed E-state index contributed by atoms with van der Waals surface area (Å²) < 4.78 is 0. The number of hydrogen-bond donors (Lipinski definition) is 2. The van der Waals surface area contributed by atoms with E-state index in [1.165, 1.54) is 4.90 Å². The number of aryl methyl sites for hydroxylation is 1. The van der Waals surface area contributed by atoms with Crippen molar-refractivity contribution in [2.45, 2.75) is 33.2 Å². The van der Waals surface area contributed by atoms with Crippen LogP contribution in [-0.4, -0.2) is 21.8 Å². The number of H-pyrrole nitrogens is 1. The van der Waals surface area contributed by atoms with Crippen LogP contribution in [0.3, 0.4) is 0 Å². The SMILES string of the molecule is Cc1ccc(N2C(=O)C(O)=C(C(=O)CC(C)C)C2c2c[nH]c3ccccc23)cc1Cl. The summed E-state index contributed by atoms with van der Waals surface area (Å²) in [6.45, 7) is 5.75. The van der Waals surface area contributed by atoms with E-state index < -0.39 is 17.7 Å². The first kappa shape index (κ1) is 20.2. The van der Waals surface area contributed by atoms with Gasteiger partial charge in [-0.1, -0.05) is 49.7 Å². The molecule has 2 N–H and O–H groups in total. The summed E-state index contributed by atoms with van der Waals surface area (Å²) >= 11 is 6.32. The molecule has 0 fully saturated rings. The molecule has 1 aliphatic rings. The highest BCUT2D eigenvalue weighted by molar-refractivity contribution is 6.31. The van der Waals surface area contributed by atoms with Gasteiger partial charge in [-0.15, -0.1) is 0 Å². The largest absolute Gasteiger partial charge is 0.503 e. The number of nitrogens with one attached hydrogen (secondary N) is 1. The fraction of sp³-hybridized carbons (Fsp3) is 0.250. The second kappa shape index (κ2) is 7.65. The predicted octanol–water partition coefficient (Wildman–Crippen LogP) is 5.64. The third-order valence-corrected chi connectivity index (χ3v) is 5.86. The summed E-state index contributed by atoms with van der Waals surface area (Å²) in [6.07, 6.45) is 2.04. The molecule has 1 aromatic heterocycles. The average molecular weight is 423 g/mol. The zero-order valence-electron chi connectivity index (χ0n) is 17.1. The maximum absolute atomic E-state index is 13.2. The number of para-hydroxylation sites is 1. The number of benzene rings is 2. The molecule has 0 aliphatic carbocycles. The van der Waals surface area contributed by atoms with Crippen molar-refractivity contribution in [3.63, 3.8) is 0 Å². The van der Waals surface area contributed by atoms with E-state index in [-0.39, 0.29) is 23.7 Å². The van der Waals surface area contributed by atoms with Crippen LogP contribution in [0.4, 0.5) is 5.69 Å². The van der Waals surface area contributed by atoms with Gasteiger partial charge in [-0.05, 0) is 36.6 Å². The third kappa shape index (κ3) is 3.29. The van der Waals surface area contributed by atoms with E-state index in [4.69, 9.17) is 11.6 Å². The molecule has 6 heteroatoms. The lowest BCUT2D eigenvalue weighted by Gasteiger charge is -2.27. The summed E-state index contributed by atoms with van der Waals surface area (Å²) in [6, 6.07) is 12.2. The van der Waals surface area contributed by atoms with Gasteiger partial charge in [0.05, 0.1) is 11.6 Å². The molecule has 1 atom stereocenters. The quantitative estimate of drug-likeness (QED) is 0.558. The van der Waals surface area contributed by atoms with Gasteiger partial charge in [-0.2, -0.15) is 0 Å². The molecule has 0 saturated carbocycles. The lowest BCUT2D eigenvalue weighted by molar-refractivity contribution is -0.118. The van der Waals surface area contributed by atoms with Crippen LogP contribution in [0.5, 0.6) is 0 Å². The molecular weight excluding hydrogens is 400 g/mol. The number of carbonyl (C=O) groups is 2. The lowest BCUT2D eigenvalue weighted by atomic mass is 9.91. The first-order chi connectivity index (χ1) is 14.3. The van der Waals surface area contributed by atoms with Crippen molar-refractivity contribution in [3.8, 4) is 0 Å². The molecule has 5 nitrogen and oxygen atoms in total. The Hall–Kier alpha value is -3.05. The molecule has 0 bridgehead atoms.